The molecule has 5 rings (SSSR count). The van der Waals surface area contributed by atoms with Crippen molar-refractivity contribution in [3.63, 3.8) is 0 Å². The topological polar surface area (TPSA) is 72.6 Å². The number of nitrogens with zero attached hydrogens (tertiary/aromatic N) is 2. The summed E-state index contributed by atoms with van der Waals surface area (Å²) in [5, 5.41) is 1.79. The van der Waals surface area contributed by atoms with Crippen LogP contribution in [0.3, 0.4) is 0 Å². The first kappa shape index (κ1) is 18.8. The van der Waals surface area contributed by atoms with Gasteiger partial charge in [0, 0.05) is 24.1 Å². The number of para-hydroxylation sites is 1. The zero-order valence-corrected chi connectivity index (χ0v) is 17.1. The predicted octanol–water partition coefficient (Wildman–Crippen LogP) is 4.54. The van der Waals surface area contributed by atoms with Crippen LogP contribution < -0.4 is 10.4 Å². The molecule has 1 atom stereocenters. The molecule has 1 amide bonds. The highest BCUT2D eigenvalue weighted by Crippen LogP contribution is 2.35. The fourth-order valence-electron chi connectivity index (χ4n) is 3.88. The van der Waals surface area contributed by atoms with Crippen molar-refractivity contribution < 1.29 is 13.9 Å². The van der Waals surface area contributed by atoms with Crippen molar-refractivity contribution >= 4 is 38.4 Å². The molecule has 0 spiro atoms. The monoisotopic (exact) mass is 420 g/mol. The molecule has 6 nitrogen and oxygen atoms in total. The smallest absolute Gasteiger partial charge is 0.336 e. The van der Waals surface area contributed by atoms with Crippen molar-refractivity contribution in [3.8, 4) is 5.75 Å². The van der Waals surface area contributed by atoms with Gasteiger partial charge >= 0.3 is 5.63 Å². The molecule has 0 N–H and O–H groups in total. The average molecular weight is 420 g/mol. The molecule has 152 valence electrons. The first-order valence-electron chi connectivity index (χ1n) is 9.99. The van der Waals surface area contributed by atoms with Crippen LogP contribution in [0.4, 0.5) is 0 Å². The zero-order chi connectivity index (χ0) is 20.5. The van der Waals surface area contributed by atoms with E-state index in [4.69, 9.17) is 14.1 Å². The molecular formula is C23H20N2O4S. The van der Waals surface area contributed by atoms with Crippen LogP contribution in [0, 0.1) is 0 Å². The van der Waals surface area contributed by atoms with Crippen molar-refractivity contribution in [1.29, 1.82) is 0 Å². The first-order chi connectivity index (χ1) is 14.7. The molecule has 3 heterocycles. The molecule has 1 saturated heterocycles. The molecule has 1 unspecified atom stereocenters. The second-order valence-electron chi connectivity index (χ2n) is 7.36. The Labute approximate surface area is 176 Å². The number of hydrogen-bond acceptors (Lipinski definition) is 6. The molecule has 0 bridgehead atoms. The number of likely N-dealkylation sites (tertiary alicyclic amines) is 1. The van der Waals surface area contributed by atoms with Gasteiger partial charge in [-0.05, 0) is 49.6 Å². The van der Waals surface area contributed by atoms with Gasteiger partial charge in [-0.25, -0.2) is 9.78 Å². The van der Waals surface area contributed by atoms with Gasteiger partial charge in [-0.1, -0.05) is 12.1 Å². The Morgan fingerprint density at radius 1 is 1.17 bits per heavy atom. The molecule has 30 heavy (non-hydrogen) atoms. The van der Waals surface area contributed by atoms with Crippen LogP contribution in [0.1, 0.15) is 30.3 Å². The number of benzene rings is 2. The number of fused-ring (bicyclic) bond motifs is 2. The van der Waals surface area contributed by atoms with E-state index in [1.807, 2.05) is 29.2 Å². The van der Waals surface area contributed by atoms with E-state index in [2.05, 4.69) is 6.07 Å². The summed E-state index contributed by atoms with van der Waals surface area (Å²) in [6.45, 7) is 0.638. The van der Waals surface area contributed by atoms with Crippen LogP contribution >= 0.6 is 11.3 Å². The Morgan fingerprint density at radius 3 is 2.93 bits per heavy atom. The summed E-state index contributed by atoms with van der Waals surface area (Å²) in [5.74, 6) is 0.437. The van der Waals surface area contributed by atoms with E-state index in [-0.39, 0.29) is 18.6 Å². The van der Waals surface area contributed by atoms with E-state index in [0.29, 0.717) is 17.9 Å². The fourth-order valence-corrected chi connectivity index (χ4v) is 4.99. The first-order valence-corrected chi connectivity index (χ1v) is 10.8. The lowest BCUT2D eigenvalue weighted by Crippen LogP contribution is -2.41. The van der Waals surface area contributed by atoms with Crippen LogP contribution in [-0.4, -0.2) is 28.9 Å². The number of carbonyl (C=O) groups is 1. The maximum Gasteiger partial charge on any atom is 0.336 e. The molecule has 2 aromatic heterocycles. The number of rotatable bonds is 4. The molecule has 1 aliphatic rings. The molecular weight excluding hydrogens is 400 g/mol. The third kappa shape index (κ3) is 3.68. The van der Waals surface area contributed by atoms with Crippen LogP contribution in [0.2, 0.25) is 0 Å². The summed E-state index contributed by atoms with van der Waals surface area (Å²) in [6.07, 6.45) is 2.97. The molecule has 0 radical (unpaired) electrons. The Morgan fingerprint density at radius 2 is 2.03 bits per heavy atom. The maximum absolute atomic E-state index is 13.0. The number of carbonyl (C=O) groups excluding carboxylic acids is 1. The number of piperidine rings is 1. The van der Waals surface area contributed by atoms with Gasteiger partial charge in [0.2, 0.25) is 0 Å². The summed E-state index contributed by atoms with van der Waals surface area (Å²) in [7, 11) is 0. The second-order valence-corrected chi connectivity index (χ2v) is 8.42. The standard InChI is InChI=1S/C23H20N2O4S/c26-21(14-28-16-10-8-15-9-11-22(27)29-19(15)13-16)25-12-4-3-6-18(25)23-24-17-5-1-2-7-20(17)30-23/h1-2,5,7-11,13,18H,3-4,6,12,14H2. The summed E-state index contributed by atoms with van der Waals surface area (Å²) in [6, 6.07) is 16.4. The summed E-state index contributed by atoms with van der Waals surface area (Å²) in [5.41, 5.74) is 1.00. The van der Waals surface area contributed by atoms with E-state index in [9.17, 15) is 9.59 Å². The average Bonchev–Trinajstić information content (AvgIpc) is 3.21. The highest BCUT2D eigenvalue weighted by molar-refractivity contribution is 7.18. The van der Waals surface area contributed by atoms with Gasteiger partial charge in [-0.15, -0.1) is 11.3 Å². The minimum absolute atomic E-state index is 0.0122. The Hall–Kier alpha value is -3.19. The molecule has 1 fully saturated rings. The molecule has 1 aliphatic heterocycles. The summed E-state index contributed by atoms with van der Waals surface area (Å²) < 4.78 is 12.1. The van der Waals surface area contributed by atoms with Crippen molar-refractivity contribution in [2.24, 2.45) is 0 Å². The lowest BCUT2D eigenvalue weighted by atomic mass is 10.0. The molecule has 2 aromatic carbocycles. The number of hydrogen-bond donors (Lipinski definition) is 0. The van der Waals surface area contributed by atoms with Crippen LogP contribution in [0.15, 0.2) is 63.8 Å². The normalized spacial score (nSPS) is 16.8. The van der Waals surface area contributed by atoms with E-state index >= 15 is 0 Å². The number of aromatic nitrogens is 1. The van der Waals surface area contributed by atoms with Gasteiger partial charge in [0.25, 0.3) is 5.91 Å². The van der Waals surface area contributed by atoms with Crippen molar-refractivity contribution in [3.05, 3.63) is 70.0 Å². The molecule has 7 heteroatoms. The Kier molecular flexibility index (Phi) is 4.96. The largest absolute Gasteiger partial charge is 0.484 e. The SMILES string of the molecule is O=C(COc1ccc2ccc(=O)oc2c1)N1CCCCC1c1nc2ccccc2s1. The summed E-state index contributed by atoms with van der Waals surface area (Å²) >= 11 is 1.65. The van der Waals surface area contributed by atoms with Crippen molar-refractivity contribution in [1.82, 2.24) is 9.88 Å². The van der Waals surface area contributed by atoms with Crippen LogP contribution in [-0.2, 0) is 4.79 Å². The van der Waals surface area contributed by atoms with Gasteiger partial charge in [-0.3, -0.25) is 4.79 Å². The summed E-state index contributed by atoms with van der Waals surface area (Å²) in [4.78, 5) is 31.1. The lowest BCUT2D eigenvalue weighted by Gasteiger charge is -2.34. The lowest BCUT2D eigenvalue weighted by molar-refractivity contribution is -0.137. The Bertz CT molecular complexity index is 1250. The van der Waals surface area contributed by atoms with Gasteiger partial charge in [-0.2, -0.15) is 0 Å². The van der Waals surface area contributed by atoms with E-state index in [1.54, 1.807) is 29.5 Å². The van der Waals surface area contributed by atoms with E-state index < -0.39 is 5.63 Å². The molecule has 0 aliphatic carbocycles. The van der Waals surface area contributed by atoms with Crippen molar-refractivity contribution in [2.45, 2.75) is 25.3 Å². The minimum atomic E-state index is -0.414. The van der Waals surface area contributed by atoms with Crippen LogP contribution in [0.25, 0.3) is 21.2 Å². The minimum Gasteiger partial charge on any atom is -0.484 e. The number of amides is 1. The predicted molar refractivity (Wildman–Crippen MR) is 116 cm³/mol. The highest BCUT2D eigenvalue weighted by atomic mass is 32.1. The van der Waals surface area contributed by atoms with Crippen LogP contribution in [0.5, 0.6) is 5.75 Å². The quantitative estimate of drug-likeness (QED) is 0.454. The highest BCUT2D eigenvalue weighted by Gasteiger charge is 2.30. The van der Waals surface area contributed by atoms with Gasteiger partial charge in [0.1, 0.15) is 16.3 Å². The third-order valence-electron chi connectivity index (χ3n) is 5.38. The molecule has 0 saturated carbocycles. The Balaban J connectivity index is 1.33. The second kappa shape index (κ2) is 7.91. The third-order valence-corrected chi connectivity index (χ3v) is 6.51. The number of thiazole rings is 1. The van der Waals surface area contributed by atoms with Crippen molar-refractivity contribution in [2.75, 3.05) is 13.2 Å². The fraction of sp³-hybridized carbons (Fsp3) is 0.261. The van der Waals surface area contributed by atoms with E-state index in [0.717, 1.165) is 39.9 Å². The zero-order valence-electron chi connectivity index (χ0n) is 16.2. The van der Waals surface area contributed by atoms with Gasteiger partial charge < -0.3 is 14.1 Å². The van der Waals surface area contributed by atoms with E-state index in [1.165, 1.54) is 6.07 Å². The number of ether oxygens (including phenoxy) is 1. The molecule has 4 aromatic rings. The maximum atomic E-state index is 13.0. The van der Waals surface area contributed by atoms with Gasteiger partial charge in [0.15, 0.2) is 6.61 Å². The van der Waals surface area contributed by atoms with Gasteiger partial charge in [0.05, 0.1) is 16.3 Å².